The van der Waals surface area contributed by atoms with Crippen molar-refractivity contribution in [2.24, 2.45) is 5.92 Å². The standard InChI is InChI=1S/C17H25N5O2/c23-15(19-9-6-12-4-2-1-3-5-12)11-20-17(24)16-13-10-18-8-7-14(13)21-22-16/h1-5,13-14,16,18,21-22H,6-11H2,(H,19,23)(H,20,24). The van der Waals surface area contributed by atoms with E-state index in [-0.39, 0.29) is 30.3 Å². The molecule has 1 aromatic carbocycles. The molecule has 0 aliphatic carbocycles. The lowest BCUT2D eigenvalue weighted by Crippen LogP contribution is -2.51. The molecule has 0 radical (unpaired) electrons. The Labute approximate surface area is 141 Å². The molecule has 1 aromatic rings. The van der Waals surface area contributed by atoms with Crippen molar-refractivity contribution in [3.05, 3.63) is 35.9 Å². The molecular weight excluding hydrogens is 306 g/mol. The number of hydrazine groups is 1. The van der Waals surface area contributed by atoms with Gasteiger partial charge in [-0.3, -0.25) is 15.0 Å². The second-order valence-electron chi connectivity index (χ2n) is 6.33. The molecule has 3 rings (SSSR count). The summed E-state index contributed by atoms with van der Waals surface area (Å²) in [5.74, 6) is -0.0691. The summed E-state index contributed by atoms with van der Waals surface area (Å²) in [5.41, 5.74) is 7.41. The molecule has 2 aliphatic heterocycles. The van der Waals surface area contributed by atoms with E-state index in [1.807, 2.05) is 30.3 Å². The molecule has 2 fully saturated rings. The predicted octanol–water partition coefficient (Wildman–Crippen LogP) is -1.08. The topological polar surface area (TPSA) is 94.3 Å². The van der Waals surface area contributed by atoms with E-state index in [4.69, 9.17) is 0 Å². The molecule has 0 spiro atoms. The molecule has 2 amide bonds. The van der Waals surface area contributed by atoms with E-state index in [0.717, 1.165) is 25.9 Å². The molecule has 0 bridgehead atoms. The van der Waals surface area contributed by atoms with Gasteiger partial charge in [-0.25, -0.2) is 5.43 Å². The van der Waals surface area contributed by atoms with Gasteiger partial charge in [0.2, 0.25) is 11.8 Å². The van der Waals surface area contributed by atoms with Crippen LogP contribution in [0.3, 0.4) is 0 Å². The number of carbonyl (C=O) groups is 2. The van der Waals surface area contributed by atoms with Crippen molar-refractivity contribution in [2.75, 3.05) is 26.2 Å². The summed E-state index contributed by atoms with van der Waals surface area (Å²) in [4.78, 5) is 24.1. The number of rotatable bonds is 6. The summed E-state index contributed by atoms with van der Waals surface area (Å²) in [7, 11) is 0. The Hall–Kier alpha value is -1.96. The van der Waals surface area contributed by atoms with Gasteiger partial charge in [0.15, 0.2) is 0 Å². The summed E-state index contributed by atoms with van der Waals surface area (Å²) in [6, 6.07) is 10.0. The van der Waals surface area contributed by atoms with Crippen LogP contribution in [0.1, 0.15) is 12.0 Å². The van der Waals surface area contributed by atoms with Gasteiger partial charge in [-0.15, -0.1) is 0 Å². The summed E-state index contributed by atoms with van der Waals surface area (Å²) < 4.78 is 0. The van der Waals surface area contributed by atoms with E-state index in [0.29, 0.717) is 12.6 Å². The lowest BCUT2D eigenvalue weighted by molar-refractivity contribution is -0.127. The van der Waals surface area contributed by atoms with E-state index in [2.05, 4.69) is 26.8 Å². The van der Waals surface area contributed by atoms with Crippen LogP contribution >= 0.6 is 0 Å². The largest absolute Gasteiger partial charge is 0.354 e. The van der Waals surface area contributed by atoms with Crippen LogP contribution in [0.4, 0.5) is 0 Å². The van der Waals surface area contributed by atoms with Crippen LogP contribution in [0, 0.1) is 5.92 Å². The highest BCUT2D eigenvalue weighted by Crippen LogP contribution is 2.19. The lowest BCUT2D eigenvalue weighted by Gasteiger charge is -2.27. The zero-order valence-electron chi connectivity index (χ0n) is 13.7. The van der Waals surface area contributed by atoms with Gasteiger partial charge in [0.05, 0.1) is 6.54 Å². The number of amides is 2. The molecule has 24 heavy (non-hydrogen) atoms. The van der Waals surface area contributed by atoms with Crippen LogP contribution < -0.4 is 26.8 Å². The molecule has 3 unspecified atom stereocenters. The molecule has 130 valence electrons. The van der Waals surface area contributed by atoms with Crippen LogP contribution in [-0.4, -0.2) is 50.1 Å². The average molecular weight is 331 g/mol. The zero-order chi connectivity index (χ0) is 16.8. The Bertz CT molecular complexity index is 565. The number of nitrogens with one attached hydrogen (secondary N) is 5. The van der Waals surface area contributed by atoms with Gasteiger partial charge in [0.1, 0.15) is 6.04 Å². The highest BCUT2D eigenvalue weighted by atomic mass is 16.2. The maximum atomic E-state index is 12.3. The van der Waals surface area contributed by atoms with Gasteiger partial charge >= 0.3 is 0 Å². The lowest BCUT2D eigenvalue weighted by atomic mass is 9.89. The Morgan fingerprint density at radius 2 is 1.96 bits per heavy atom. The fraction of sp³-hybridized carbons (Fsp3) is 0.529. The first-order valence-corrected chi connectivity index (χ1v) is 8.54. The van der Waals surface area contributed by atoms with Gasteiger partial charge in [-0.05, 0) is 24.9 Å². The van der Waals surface area contributed by atoms with Gasteiger partial charge in [-0.2, -0.15) is 0 Å². The Kier molecular flexibility index (Phi) is 5.79. The molecule has 5 N–H and O–H groups in total. The molecule has 2 aliphatic rings. The molecule has 0 saturated carbocycles. The van der Waals surface area contributed by atoms with Crippen molar-refractivity contribution in [1.82, 2.24) is 26.8 Å². The van der Waals surface area contributed by atoms with Crippen LogP contribution in [0.25, 0.3) is 0 Å². The number of fused-ring (bicyclic) bond motifs is 1. The van der Waals surface area contributed by atoms with Crippen molar-refractivity contribution in [3.8, 4) is 0 Å². The van der Waals surface area contributed by atoms with Crippen molar-refractivity contribution >= 4 is 11.8 Å². The second kappa shape index (κ2) is 8.23. The van der Waals surface area contributed by atoms with E-state index in [9.17, 15) is 9.59 Å². The number of benzene rings is 1. The maximum absolute atomic E-state index is 12.3. The maximum Gasteiger partial charge on any atom is 0.239 e. The third kappa shape index (κ3) is 4.31. The van der Waals surface area contributed by atoms with E-state index in [1.165, 1.54) is 5.56 Å². The van der Waals surface area contributed by atoms with Crippen molar-refractivity contribution in [2.45, 2.75) is 24.9 Å². The molecular formula is C17H25N5O2. The average Bonchev–Trinajstić information content (AvgIpc) is 3.05. The Morgan fingerprint density at radius 1 is 1.12 bits per heavy atom. The monoisotopic (exact) mass is 331 g/mol. The number of piperidine rings is 1. The summed E-state index contributed by atoms with van der Waals surface area (Å²) >= 11 is 0. The summed E-state index contributed by atoms with van der Waals surface area (Å²) in [6.45, 7) is 2.35. The highest BCUT2D eigenvalue weighted by molar-refractivity contribution is 5.87. The Morgan fingerprint density at radius 3 is 2.79 bits per heavy atom. The third-order valence-electron chi connectivity index (χ3n) is 4.67. The quantitative estimate of drug-likeness (QED) is 0.457. The second-order valence-corrected chi connectivity index (χ2v) is 6.33. The van der Waals surface area contributed by atoms with Gasteiger partial charge in [-0.1, -0.05) is 30.3 Å². The highest BCUT2D eigenvalue weighted by Gasteiger charge is 2.40. The van der Waals surface area contributed by atoms with Crippen molar-refractivity contribution in [3.63, 3.8) is 0 Å². The van der Waals surface area contributed by atoms with E-state index < -0.39 is 0 Å². The fourth-order valence-corrected chi connectivity index (χ4v) is 3.31. The molecule has 0 aromatic heterocycles. The summed E-state index contributed by atoms with van der Waals surface area (Å²) in [6.07, 6.45) is 1.78. The normalized spacial score (nSPS) is 25.8. The first-order chi connectivity index (χ1) is 11.7. The number of hydrogen-bond donors (Lipinski definition) is 5. The molecule has 7 heteroatoms. The van der Waals surface area contributed by atoms with Crippen molar-refractivity contribution < 1.29 is 9.59 Å². The Balaban J connectivity index is 1.36. The molecule has 3 atom stereocenters. The van der Waals surface area contributed by atoms with Gasteiger partial charge in [0.25, 0.3) is 0 Å². The third-order valence-corrected chi connectivity index (χ3v) is 4.67. The van der Waals surface area contributed by atoms with E-state index >= 15 is 0 Å². The van der Waals surface area contributed by atoms with Crippen molar-refractivity contribution in [1.29, 1.82) is 0 Å². The molecule has 2 saturated heterocycles. The predicted molar refractivity (Wildman–Crippen MR) is 91.0 cm³/mol. The molecule has 2 heterocycles. The summed E-state index contributed by atoms with van der Waals surface area (Å²) in [5, 5.41) is 8.87. The minimum absolute atomic E-state index is 0.0105. The smallest absolute Gasteiger partial charge is 0.239 e. The van der Waals surface area contributed by atoms with Crippen LogP contribution in [0.5, 0.6) is 0 Å². The zero-order valence-corrected chi connectivity index (χ0v) is 13.7. The molecule has 7 nitrogen and oxygen atoms in total. The first kappa shape index (κ1) is 16.9. The number of carbonyl (C=O) groups excluding carboxylic acids is 2. The van der Waals surface area contributed by atoms with E-state index in [1.54, 1.807) is 0 Å². The van der Waals surface area contributed by atoms with Crippen LogP contribution in [0.15, 0.2) is 30.3 Å². The van der Waals surface area contributed by atoms with Gasteiger partial charge < -0.3 is 16.0 Å². The first-order valence-electron chi connectivity index (χ1n) is 8.54. The SMILES string of the molecule is O=C(CNC(=O)C1NNC2CCNCC21)NCCc1ccccc1. The minimum Gasteiger partial charge on any atom is -0.354 e. The van der Waals surface area contributed by atoms with Crippen LogP contribution in [-0.2, 0) is 16.0 Å². The van der Waals surface area contributed by atoms with Crippen LogP contribution in [0.2, 0.25) is 0 Å². The minimum atomic E-state index is -0.292. The number of hydrogen-bond acceptors (Lipinski definition) is 5. The van der Waals surface area contributed by atoms with Gasteiger partial charge in [0, 0.05) is 25.0 Å². The fourth-order valence-electron chi connectivity index (χ4n) is 3.31.